The minimum absolute atomic E-state index is 0.448. The first kappa shape index (κ1) is 9.46. The van der Waals surface area contributed by atoms with Crippen LogP contribution < -0.4 is 0 Å². The molecule has 0 fully saturated rings. The SMILES string of the molecule is Cn1ccnc1CCn1ccnc1C#N. The number of rotatable bonds is 3. The average Bonchev–Trinajstić information content (AvgIpc) is 2.83. The number of aryl methyl sites for hydroxylation is 3. The normalized spacial score (nSPS) is 10.1. The molecule has 2 aromatic rings. The lowest BCUT2D eigenvalue weighted by atomic mass is 10.4. The molecule has 0 spiro atoms. The Labute approximate surface area is 87.6 Å². The monoisotopic (exact) mass is 201 g/mol. The maximum atomic E-state index is 8.76. The second-order valence-corrected chi connectivity index (χ2v) is 3.26. The van der Waals surface area contributed by atoms with Gasteiger partial charge in [-0.2, -0.15) is 5.26 Å². The van der Waals surface area contributed by atoms with Crippen molar-refractivity contribution in [2.24, 2.45) is 7.05 Å². The van der Waals surface area contributed by atoms with Crippen molar-refractivity contribution in [1.29, 1.82) is 5.26 Å². The summed E-state index contributed by atoms with van der Waals surface area (Å²) in [5.74, 6) is 1.46. The highest BCUT2D eigenvalue weighted by atomic mass is 15.1. The zero-order valence-electron chi connectivity index (χ0n) is 8.46. The van der Waals surface area contributed by atoms with Crippen LogP contribution in [0.15, 0.2) is 24.8 Å². The molecule has 0 saturated heterocycles. The molecule has 0 atom stereocenters. The van der Waals surface area contributed by atoms with Gasteiger partial charge in [0.1, 0.15) is 11.9 Å². The van der Waals surface area contributed by atoms with Gasteiger partial charge in [-0.25, -0.2) is 9.97 Å². The van der Waals surface area contributed by atoms with E-state index in [4.69, 9.17) is 5.26 Å². The summed E-state index contributed by atoms with van der Waals surface area (Å²) in [6, 6.07) is 2.04. The van der Waals surface area contributed by atoms with Crippen LogP contribution in [0.2, 0.25) is 0 Å². The number of hydrogen-bond acceptors (Lipinski definition) is 3. The van der Waals surface area contributed by atoms with Gasteiger partial charge in [0.15, 0.2) is 0 Å². The third kappa shape index (κ3) is 1.89. The molecule has 5 nitrogen and oxygen atoms in total. The molecule has 0 aliphatic carbocycles. The molecule has 0 aromatic carbocycles. The van der Waals surface area contributed by atoms with Gasteiger partial charge in [0, 0.05) is 44.8 Å². The standard InChI is InChI=1S/C10H11N5/c1-14-6-3-12-9(14)2-5-15-7-4-13-10(15)8-11/h3-4,6-7H,2,5H2,1H3. The van der Waals surface area contributed by atoms with Crippen LogP contribution in [0.1, 0.15) is 11.6 Å². The fourth-order valence-electron chi connectivity index (χ4n) is 1.46. The lowest BCUT2D eigenvalue weighted by Crippen LogP contribution is -2.06. The van der Waals surface area contributed by atoms with Crippen molar-refractivity contribution < 1.29 is 0 Å². The average molecular weight is 201 g/mol. The molecule has 0 unspecified atom stereocenters. The van der Waals surface area contributed by atoms with Crippen LogP contribution in [0.3, 0.4) is 0 Å². The fourth-order valence-corrected chi connectivity index (χ4v) is 1.46. The summed E-state index contributed by atoms with van der Waals surface area (Å²) in [5.41, 5.74) is 0. The van der Waals surface area contributed by atoms with Gasteiger partial charge in [0.2, 0.25) is 5.82 Å². The van der Waals surface area contributed by atoms with Crippen molar-refractivity contribution in [1.82, 2.24) is 19.1 Å². The zero-order valence-corrected chi connectivity index (χ0v) is 8.46. The van der Waals surface area contributed by atoms with Crippen LogP contribution >= 0.6 is 0 Å². The van der Waals surface area contributed by atoms with Gasteiger partial charge in [-0.05, 0) is 0 Å². The topological polar surface area (TPSA) is 59.4 Å². The molecule has 0 aliphatic rings. The fraction of sp³-hybridized carbons (Fsp3) is 0.300. The molecule has 2 rings (SSSR count). The van der Waals surface area contributed by atoms with Crippen LogP contribution in [0.25, 0.3) is 0 Å². The Bertz CT molecular complexity index is 488. The molecule has 0 aliphatic heterocycles. The number of imidazole rings is 2. The van der Waals surface area contributed by atoms with Gasteiger partial charge in [-0.3, -0.25) is 0 Å². The highest BCUT2D eigenvalue weighted by molar-refractivity contribution is 5.11. The Kier molecular flexibility index (Phi) is 2.50. The van der Waals surface area contributed by atoms with Gasteiger partial charge in [0.05, 0.1) is 0 Å². The van der Waals surface area contributed by atoms with Crippen molar-refractivity contribution in [3.63, 3.8) is 0 Å². The van der Waals surface area contributed by atoms with Crippen molar-refractivity contribution >= 4 is 0 Å². The molecule has 2 heterocycles. The second-order valence-electron chi connectivity index (χ2n) is 3.26. The molecule has 2 aromatic heterocycles. The van der Waals surface area contributed by atoms with Gasteiger partial charge in [-0.15, -0.1) is 0 Å². The lowest BCUT2D eigenvalue weighted by molar-refractivity contribution is 0.644. The van der Waals surface area contributed by atoms with Crippen molar-refractivity contribution in [2.45, 2.75) is 13.0 Å². The Morgan fingerprint density at radius 3 is 2.80 bits per heavy atom. The van der Waals surface area contributed by atoms with Crippen LogP contribution in [0.5, 0.6) is 0 Å². The summed E-state index contributed by atoms with van der Waals surface area (Å²) in [6.07, 6.45) is 7.93. The van der Waals surface area contributed by atoms with E-state index in [0.29, 0.717) is 5.82 Å². The predicted molar refractivity (Wildman–Crippen MR) is 53.9 cm³/mol. The van der Waals surface area contributed by atoms with Crippen LogP contribution in [-0.4, -0.2) is 19.1 Å². The Morgan fingerprint density at radius 2 is 2.13 bits per heavy atom. The van der Waals surface area contributed by atoms with E-state index in [9.17, 15) is 0 Å². The van der Waals surface area contributed by atoms with E-state index < -0.39 is 0 Å². The summed E-state index contributed by atoms with van der Waals surface area (Å²) in [5, 5.41) is 8.76. The Balaban J connectivity index is 2.06. The number of aromatic nitrogens is 4. The molecule has 0 bridgehead atoms. The molecule has 15 heavy (non-hydrogen) atoms. The van der Waals surface area contributed by atoms with E-state index in [0.717, 1.165) is 18.8 Å². The van der Waals surface area contributed by atoms with E-state index in [1.54, 1.807) is 12.4 Å². The Hall–Kier alpha value is -2.09. The van der Waals surface area contributed by atoms with Gasteiger partial charge < -0.3 is 9.13 Å². The van der Waals surface area contributed by atoms with E-state index >= 15 is 0 Å². The maximum absolute atomic E-state index is 8.76. The van der Waals surface area contributed by atoms with Crippen LogP contribution in [0.4, 0.5) is 0 Å². The number of nitriles is 1. The summed E-state index contributed by atoms with van der Waals surface area (Å²) in [7, 11) is 1.96. The van der Waals surface area contributed by atoms with E-state index in [1.165, 1.54) is 0 Å². The number of hydrogen-bond donors (Lipinski definition) is 0. The maximum Gasteiger partial charge on any atom is 0.212 e. The predicted octanol–water partition coefficient (Wildman–Crippen LogP) is 0.731. The minimum Gasteiger partial charge on any atom is -0.338 e. The molecule has 0 amide bonds. The summed E-state index contributed by atoms with van der Waals surface area (Å²) in [4.78, 5) is 8.15. The van der Waals surface area contributed by atoms with Crippen LogP contribution in [0, 0.1) is 11.3 Å². The largest absolute Gasteiger partial charge is 0.338 e. The summed E-state index contributed by atoms with van der Waals surface area (Å²) < 4.78 is 3.80. The van der Waals surface area contributed by atoms with E-state index in [1.807, 2.05) is 34.6 Å². The third-order valence-corrected chi connectivity index (χ3v) is 2.31. The minimum atomic E-state index is 0.448. The van der Waals surface area contributed by atoms with Gasteiger partial charge >= 0.3 is 0 Å². The molecule has 0 N–H and O–H groups in total. The van der Waals surface area contributed by atoms with Gasteiger partial charge in [-0.1, -0.05) is 0 Å². The molecule has 5 heteroatoms. The van der Waals surface area contributed by atoms with Crippen molar-refractivity contribution in [3.8, 4) is 6.07 Å². The second kappa shape index (κ2) is 3.96. The molecule has 0 saturated carbocycles. The summed E-state index contributed by atoms with van der Waals surface area (Å²) >= 11 is 0. The Morgan fingerprint density at radius 1 is 1.33 bits per heavy atom. The lowest BCUT2D eigenvalue weighted by Gasteiger charge is -2.03. The zero-order chi connectivity index (χ0) is 10.7. The van der Waals surface area contributed by atoms with Gasteiger partial charge in [0.25, 0.3) is 0 Å². The summed E-state index contributed by atoms with van der Waals surface area (Å²) in [6.45, 7) is 0.730. The van der Waals surface area contributed by atoms with E-state index in [2.05, 4.69) is 9.97 Å². The van der Waals surface area contributed by atoms with E-state index in [-0.39, 0.29) is 0 Å². The molecular formula is C10H11N5. The molecule has 76 valence electrons. The molecular weight excluding hydrogens is 190 g/mol. The first-order chi connectivity index (χ1) is 7.31. The van der Waals surface area contributed by atoms with Crippen molar-refractivity contribution in [3.05, 3.63) is 36.4 Å². The quantitative estimate of drug-likeness (QED) is 0.735. The third-order valence-electron chi connectivity index (χ3n) is 2.31. The van der Waals surface area contributed by atoms with Crippen molar-refractivity contribution in [2.75, 3.05) is 0 Å². The van der Waals surface area contributed by atoms with Crippen LogP contribution in [-0.2, 0) is 20.0 Å². The molecule has 0 radical (unpaired) electrons. The number of nitrogens with zero attached hydrogens (tertiary/aromatic N) is 5. The first-order valence-electron chi connectivity index (χ1n) is 4.68. The highest BCUT2D eigenvalue weighted by Gasteiger charge is 2.03. The first-order valence-corrected chi connectivity index (χ1v) is 4.68. The highest BCUT2D eigenvalue weighted by Crippen LogP contribution is 2.01. The smallest absolute Gasteiger partial charge is 0.212 e.